The van der Waals surface area contributed by atoms with Gasteiger partial charge in [-0.15, -0.1) is 11.3 Å². The molecule has 0 bridgehead atoms. The van der Waals surface area contributed by atoms with E-state index in [-0.39, 0.29) is 0 Å². The lowest BCUT2D eigenvalue weighted by molar-refractivity contribution is 0.394. The molecule has 1 N–H and O–H groups in total. The molecule has 0 aliphatic rings. The normalized spacial score (nSPS) is 11.1. The molecule has 0 radical (unpaired) electrons. The van der Waals surface area contributed by atoms with Gasteiger partial charge in [0.25, 0.3) is 0 Å². The van der Waals surface area contributed by atoms with E-state index < -0.39 is 0 Å². The van der Waals surface area contributed by atoms with Crippen molar-refractivity contribution in [2.75, 3.05) is 27.2 Å². The molecule has 0 spiro atoms. The van der Waals surface area contributed by atoms with Gasteiger partial charge in [0.15, 0.2) is 0 Å². The molecule has 0 unspecified atom stereocenters. The van der Waals surface area contributed by atoms with E-state index in [0.29, 0.717) is 0 Å². The molecule has 2 nitrogen and oxygen atoms in total. The lowest BCUT2D eigenvalue weighted by Gasteiger charge is -2.09. The van der Waals surface area contributed by atoms with Gasteiger partial charge in [0.2, 0.25) is 0 Å². The lowest BCUT2D eigenvalue weighted by Crippen LogP contribution is -2.20. The van der Waals surface area contributed by atoms with Crippen molar-refractivity contribution in [3.8, 4) is 11.1 Å². The first-order valence-electron chi connectivity index (χ1n) is 6.74. The molecule has 1 aromatic heterocycles. The molecule has 0 aliphatic carbocycles. The second-order valence-corrected chi connectivity index (χ2v) is 6.00. The van der Waals surface area contributed by atoms with E-state index in [0.717, 1.165) is 19.6 Å². The summed E-state index contributed by atoms with van der Waals surface area (Å²) in [6.07, 6.45) is 1.20. The summed E-state index contributed by atoms with van der Waals surface area (Å²) in [7, 11) is 4.23. The molecule has 102 valence electrons. The average Bonchev–Trinajstić information content (AvgIpc) is 2.88. The smallest absolute Gasteiger partial charge is 0.0299 e. The molecule has 2 aromatic rings. The van der Waals surface area contributed by atoms with Gasteiger partial charge in [-0.3, -0.25) is 0 Å². The van der Waals surface area contributed by atoms with Gasteiger partial charge >= 0.3 is 0 Å². The van der Waals surface area contributed by atoms with Crippen LogP contribution in [0, 0.1) is 0 Å². The fourth-order valence-corrected chi connectivity index (χ4v) is 2.85. The number of nitrogens with one attached hydrogen (secondary N) is 1. The Kier molecular flexibility index (Phi) is 5.58. The first kappa shape index (κ1) is 14.3. The summed E-state index contributed by atoms with van der Waals surface area (Å²) in [5.74, 6) is 0. The Bertz CT molecular complexity index is 477. The molecule has 0 fully saturated rings. The maximum Gasteiger partial charge on any atom is 0.0299 e. The topological polar surface area (TPSA) is 15.3 Å². The van der Waals surface area contributed by atoms with Crippen LogP contribution in [0.2, 0.25) is 0 Å². The summed E-state index contributed by atoms with van der Waals surface area (Å²) < 4.78 is 0. The van der Waals surface area contributed by atoms with Crippen LogP contribution in [0.15, 0.2) is 41.8 Å². The summed E-state index contributed by atoms with van der Waals surface area (Å²) in [5.41, 5.74) is 2.63. The van der Waals surface area contributed by atoms with Gasteiger partial charge in [0.1, 0.15) is 0 Å². The minimum atomic E-state index is 0.977. The Morgan fingerprint density at radius 2 is 1.89 bits per heavy atom. The SMILES string of the molecule is CN(C)CCCNCc1cc(-c2ccccc2)cs1. The van der Waals surface area contributed by atoms with Crippen LogP contribution in [0.5, 0.6) is 0 Å². The standard InChI is InChI=1S/C16H22N2S/c1-18(2)10-6-9-17-12-16-11-15(13-19-16)14-7-4-3-5-8-14/h3-5,7-8,11,13,17H,6,9-10,12H2,1-2H3. The fourth-order valence-electron chi connectivity index (χ4n) is 1.99. The summed E-state index contributed by atoms with van der Waals surface area (Å²) in [6, 6.07) is 12.9. The first-order valence-corrected chi connectivity index (χ1v) is 7.62. The second kappa shape index (κ2) is 7.43. The minimum absolute atomic E-state index is 0.977. The molecule has 1 heterocycles. The van der Waals surface area contributed by atoms with Crippen LogP contribution < -0.4 is 5.32 Å². The van der Waals surface area contributed by atoms with Crippen molar-refractivity contribution in [2.24, 2.45) is 0 Å². The predicted octanol–water partition coefficient (Wildman–Crippen LogP) is 3.46. The third kappa shape index (κ3) is 4.78. The molecule has 0 saturated heterocycles. The second-order valence-electron chi connectivity index (χ2n) is 5.00. The Hall–Kier alpha value is -1.16. The van der Waals surface area contributed by atoms with Gasteiger partial charge in [-0.2, -0.15) is 0 Å². The average molecular weight is 274 g/mol. The van der Waals surface area contributed by atoms with E-state index in [9.17, 15) is 0 Å². The zero-order valence-corrected chi connectivity index (χ0v) is 12.5. The molecule has 3 heteroatoms. The molecule has 0 amide bonds. The van der Waals surface area contributed by atoms with Gasteiger partial charge in [-0.1, -0.05) is 30.3 Å². The maximum atomic E-state index is 3.51. The van der Waals surface area contributed by atoms with Crippen LogP contribution in [0.3, 0.4) is 0 Å². The van der Waals surface area contributed by atoms with Crippen LogP contribution >= 0.6 is 11.3 Å². The number of hydrogen-bond acceptors (Lipinski definition) is 3. The number of benzene rings is 1. The highest BCUT2D eigenvalue weighted by molar-refractivity contribution is 7.10. The number of thiophene rings is 1. The Balaban J connectivity index is 1.78. The number of rotatable bonds is 7. The van der Waals surface area contributed by atoms with Crippen LogP contribution in [0.4, 0.5) is 0 Å². The number of nitrogens with zero attached hydrogens (tertiary/aromatic N) is 1. The largest absolute Gasteiger partial charge is 0.312 e. The molecule has 19 heavy (non-hydrogen) atoms. The van der Waals surface area contributed by atoms with E-state index in [2.05, 4.69) is 66.1 Å². The van der Waals surface area contributed by atoms with Crippen LogP contribution in [-0.2, 0) is 6.54 Å². The van der Waals surface area contributed by atoms with Crippen molar-refractivity contribution in [1.29, 1.82) is 0 Å². The van der Waals surface area contributed by atoms with E-state index >= 15 is 0 Å². The van der Waals surface area contributed by atoms with E-state index in [4.69, 9.17) is 0 Å². The predicted molar refractivity (Wildman–Crippen MR) is 84.6 cm³/mol. The third-order valence-corrected chi connectivity index (χ3v) is 3.96. The van der Waals surface area contributed by atoms with Crippen molar-refractivity contribution < 1.29 is 0 Å². The molecule has 2 rings (SSSR count). The fraction of sp³-hybridized carbons (Fsp3) is 0.375. The Labute approximate surface area is 120 Å². The van der Waals surface area contributed by atoms with Gasteiger partial charge in [0.05, 0.1) is 0 Å². The van der Waals surface area contributed by atoms with Crippen molar-refractivity contribution in [3.05, 3.63) is 46.7 Å². The van der Waals surface area contributed by atoms with Gasteiger partial charge in [0, 0.05) is 11.4 Å². The zero-order chi connectivity index (χ0) is 13.5. The van der Waals surface area contributed by atoms with E-state index in [1.165, 1.54) is 22.4 Å². The summed E-state index contributed by atoms with van der Waals surface area (Å²) in [4.78, 5) is 3.63. The molecule has 0 saturated carbocycles. The maximum absolute atomic E-state index is 3.51. The molecule has 0 aliphatic heterocycles. The highest BCUT2D eigenvalue weighted by atomic mass is 32.1. The summed E-state index contributed by atoms with van der Waals surface area (Å²) in [6.45, 7) is 3.20. The highest BCUT2D eigenvalue weighted by Crippen LogP contribution is 2.25. The molecule has 1 aromatic carbocycles. The van der Waals surface area contributed by atoms with Crippen molar-refractivity contribution in [1.82, 2.24) is 10.2 Å². The molecular formula is C16H22N2S. The Morgan fingerprint density at radius 1 is 1.11 bits per heavy atom. The van der Waals surface area contributed by atoms with E-state index in [1.807, 2.05) is 11.3 Å². The molecule has 0 atom stereocenters. The quantitative estimate of drug-likeness (QED) is 0.778. The Morgan fingerprint density at radius 3 is 2.63 bits per heavy atom. The zero-order valence-electron chi connectivity index (χ0n) is 11.7. The van der Waals surface area contributed by atoms with Gasteiger partial charge < -0.3 is 10.2 Å². The van der Waals surface area contributed by atoms with Crippen LogP contribution in [-0.4, -0.2) is 32.1 Å². The van der Waals surface area contributed by atoms with E-state index in [1.54, 1.807) is 0 Å². The van der Waals surface area contributed by atoms with Crippen molar-refractivity contribution in [2.45, 2.75) is 13.0 Å². The summed E-state index contributed by atoms with van der Waals surface area (Å²) in [5, 5.41) is 5.75. The van der Waals surface area contributed by atoms with Crippen molar-refractivity contribution >= 4 is 11.3 Å². The first-order chi connectivity index (χ1) is 9.25. The third-order valence-electron chi connectivity index (χ3n) is 3.02. The monoisotopic (exact) mass is 274 g/mol. The minimum Gasteiger partial charge on any atom is -0.312 e. The summed E-state index contributed by atoms with van der Waals surface area (Å²) >= 11 is 1.84. The highest BCUT2D eigenvalue weighted by Gasteiger charge is 2.01. The van der Waals surface area contributed by atoms with Gasteiger partial charge in [-0.05, 0) is 56.2 Å². The lowest BCUT2D eigenvalue weighted by atomic mass is 10.1. The van der Waals surface area contributed by atoms with Gasteiger partial charge in [-0.25, -0.2) is 0 Å². The van der Waals surface area contributed by atoms with Crippen molar-refractivity contribution in [3.63, 3.8) is 0 Å². The molecular weight excluding hydrogens is 252 g/mol. The van der Waals surface area contributed by atoms with Crippen LogP contribution in [0.25, 0.3) is 11.1 Å². The number of hydrogen-bond donors (Lipinski definition) is 1. The van der Waals surface area contributed by atoms with Crippen LogP contribution in [0.1, 0.15) is 11.3 Å².